The number of rotatable bonds is 9. The summed E-state index contributed by atoms with van der Waals surface area (Å²) in [4.78, 5) is 23.9. The summed E-state index contributed by atoms with van der Waals surface area (Å²) in [5.41, 5.74) is 6.56. The van der Waals surface area contributed by atoms with Crippen LogP contribution in [0.3, 0.4) is 0 Å². The van der Waals surface area contributed by atoms with Crippen LogP contribution in [0.25, 0.3) is 12.2 Å². The fourth-order valence-electron chi connectivity index (χ4n) is 2.31. The van der Waals surface area contributed by atoms with Crippen molar-refractivity contribution in [3.63, 3.8) is 0 Å². The molecule has 0 atom stereocenters. The van der Waals surface area contributed by atoms with Gasteiger partial charge in [0.25, 0.3) is 0 Å². The number of nitrogens with two attached hydrogens (primary N) is 1. The van der Waals surface area contributed by atoms with Gasteiger partial charge in [-0.2, -0.15) is 0 Å². The molecular formula is C21H21NO6. The second kappa shape index (κ2) is 9.94. The lowest BCUT2D eigenvalue weighted by atomic mass is 10.1. The van der Waals surface area contributed by atoms with Crippen molar-refractivity contribution in [3.05, 3.63) is 59.7 Å². The number of phenols is 2. The largest absolute Gasteiger partial charge is 0.504 e. The molecule has 0 aliphatic rings. The molecule has 0 aliphatic heterocycles. The van der Waals surface area contributed by atoms with Crippen LogP contribution in [-0.4, -0.2) is 35.6 Å². The molecule has 0 unspecified atom stereocenters. The smallest absolute Gasteiger partial charge is 0.163 e. The van der Waals surface area contributed by atoms with Gasteiger partial charge in [0.15, 0.2) is 34.6 Å². The molecule has 4 N–H and O–H groups in total. The average molecular weight is 383 g/mol. The minimum absolute atomic E-state index is 0.000502. The van der Waals surface area contributed by atoms with Crippen LogP contribution in [0.1, 0.15) is 17.5 Å². The highest BCUT2D eigenvalue weighted by Crippen LogP contribution is 2.27. The molecule has 0 heterocycles. The standard InChI is InChI=1S/C21H21NO6/c1-27-20-10-14(4-8-18(20)25)2-6-16(23)12-17(24)7-3-15-5-9-19(26)21(11-15)28-13-22/h2-11,25-26H,12-13,22H2,1H3/b6-2+,7-3+. The van der Waals surface area contributed by atoms with E-state index in [0.717, 1.165) is 0 Å². The van der Waals surface area contributed by atoms with E-state index in [9.17, 15) is 19.8 Å². The molecule has 0 saturated heterocycles. The molecule has 0 aliphatic carbocycles. The number of aromatic hydroxyl groups is 2. The predicted octanol–water partition coefficient (Wildman–Crippen LogP) is 2.66. The molecule has 0 saturated carbocycles. The summed E-state index contributed by atoms with van der Waals surface area (Å²) < 4.78 is 10.1. The Kier molecular flexibility index (Phi) is 7.36. The maximum absolute atomic E-state index is 12.0. The molecule has 0 aromatic heterocycles. The van der Waals surface area contributed by atoms with Crippen LogP contribution in [0.15, 0.2) is 48.6 Å². The quantitative estimate of drug-likeness (QED) is 0.346. The van der Waals surface area contributed by atoms with Gasteiger partial charge in [-0.1, -0.05) is 24.3 Å². The van der Waals surface area contributed by atoms with Gasteiger partial charge >= 0.3 is 0 Å². The Bertz CT molecular complexity index is 917. The first-order valence-electron chi connectivity index (χ1n) is 8.37. The first-order chi connectivity index (χ1) is 13.4. The number of carbonyl (C=O) groups excluding carboxylic acids is 2. The molecule has 0 fully saturated rings. The van der Waals surface area contributed by atoms with Gasteiger partial charge in [0.05, 0.1) is 13.5 Å². The van der Waals surface area contributed by atoms with E-state index in [1.165, 1.54) is 49.6 Å². The average Bonchev–Trinajstić information content (AvgIpc) is 2.68. The third-order valence-corrected chi connectivity index (χ3v) is 3.70. The van der Waals surface area contributed by atoms with Crippen LogP contribution < -0.4 is 15.2 Å². The topological polar surface area (TPSA) is 119 Å². The predicted molar refractivity (Wildman–Crippen MR) is 105 cm³/mol. The highest BCUT2D eigenvalue weighted by atomic mass is 16.5. The molecule has 2 aromatic rings. The molecule has 7 heteroatoms. The Balaban J connectivity index is 1.96. The van der Waals surface area contributed by atoms with E-state index in [4.69, 9.17) is 15.2 Å². The first kappa shape index (κ1) is 20.7. The van der Waals surface area contributed by atoms with E-state index in [-0.39, 0.29) is 42.0 Å². The van der Waals surface area contributed by atoms with E-state index in [1.54, 1.807) is 18.2 Å². The van der Waals surface area contributed by atoms with Gasteiger partial charge in [-0.3, -0.25) is 15.3 Å². The number of methoxy groups -OCH3 is 1. The van der Waals surface area contributed by atoms with Gasteiger partial charge in [0.2, 0.25) is 0 Å². The van der Waals surface area contributed by atoms with E-state index in [2.05, 4.69) is 0 Å². The second-order valence-electron chi connectivity index (χ2n) is 5.75. The van der Waals surface area contributed by atoms with Gasteiger partial charge in [-0.25, -0.2) is 0 Å². The third-order valence-electron chi connectivity index (χ3n) is 3.70. The number of hydrogen-bond donors (Lipinski definition) is 3. The van der Waals surface area contributed by atoms with E-state index < -0.39 is 0 Å². The van der Waals surface area contributed by atoms with E-state index in [0.29, 0.717) is 16.9 Å². The Hall–Kier alpha value is -3.58. The summed E-state index contributed by atoms with van der Waals surface area (Å²) in [7, 11) is 1.43. The SMILES string of the molecule is COc1cc(/C=C/C(=O)CC(=O)/C=C/c2ccc(O)c(OCN)c2)ccc1O. The molecule has 28 heavy (non-hydrogen) atoms. The zero-order chi connectivity index (χ0) is 20.5. The Morgan fingerprint density at radius 3 is 1.93 bits per heavy atom. The number of hydrogen-bond acceptors (Lipinski definition) is 7. The van der Waals surface area contributed by atoms with Crippen LogP contribution in [0, 0.1) is 0 Å². The minimum atomic E-state index is -0.368. The van der Waals surface area contributed by atoms with E-state index in [1.807, 2.05) is 0 Å². The molecule has 0 spiro atoms. The molecule has 0 bridgehead atoms. The summed E-state index contributed by atoms with van der Waals surface area (Å²) >= 11 is 0. The van der Waals surface area contributed by atoms with Crippen molar-refractivity contribution in [1.29, 1.82) is 0 Å². The summed E-state index contributed by atoms with van der Waals surface area (Å²) in [6, 6.07) is 9.21. The second-order valence-corrected chi connectivity index (χ2v) is 5.75. The summed E-state index contributed by atoms with van der Waals surface area (Å²) in [5, 5.41) is 19.2. The van der Waals surface area contributed by atoms with Gasteiger partial charge in [0, 0.05) is 0 Å². The number of phenolic OH excluding ortho intramolecular Hbond substituents is 2. The van der Waals surface area contributed by atoms with Crippen LogP contribution in [0.2, 0.25) is 0 Å². The van der Waals surface area contributed by atoms with E-state index >= 15 is 0 Å². The van der Waals surface area contributed by atoms with Crippen LogP contribution >= 0.6 is 0 Å². The summed E-state index contributed by atoms with van der Waals surface area (Å²) in [5.74, 6) is -0.284. The van der Waals surface area contributed by atoms with Gasteiger partial charge < -0.3 is 19.7 Å². The number of benzene rings is 2. The molecule has 0 radical (unpaired) electrons. The van der Waals surface area contributed by atoms with Gasteiger partial charge in [0.1, 0.15) is 6.73 Å². The van der Waals surface area contributed by atoms with Gasteiger partial charge in [-0.15, -0.1) is 0 Å². The number of ether oxygens (including phenoxy) is 2. The Morgan fingerprint density at radius 1 is 0.929 bits per heavy atom. The Morgan fingerprint density at radius 2 is 1.43 bits per heavy atom. The highest BCUT2D eigenvalue weighted by Gasteiger charge is 2.06. The van der Waals surface area contributed by atoms with Crippen molar-refractivity contribution >= 4 is 23.7 Å². The maximum atomic E-state index is 12.0. The van der Waals surface area contributed by atoms with Crippen molar-refractivity contribution < 1.29 is 29.3 Å². The molecule has 0 amide bonds. The Labute approximate surface area is 162 Å². The van der Waals surface area contributed by atoms with Crippen molar-refractivity contribution in [2.45, 2.75) is 6.42 Å². The highest BCUT2D eigenvalue weighted by molar-refractivity contribution is 6.10. The zero-order valence-electron chi connectivity index (χ0n) is 15.3. The van der Waals surface area contributed by atoms with Crippen molar-refractivity contribution in [2.75, 3.05) is 13.8 Å². The molecule has 7 nitrogen and oxygen atoms in total. The normalized spacial score (nSPS) is 11.1. The lowest BCUT2D eigenvalue weighted by molar-refractivity contribution is -0.121. The van der Waals surface area contributed by atoms with Crippen LogP contribution in [0.5, 0.6) is 23.0 Å². The van der Waals surface area contributed by atoms with Crippen LogP contribution in [0.4, 0.5) is 0 Å². The molecule has 146 valence electrons. The fourth-order valence-corrected chi connectivity index (χ4v) is 2.31. The minimum Gasteiger partial charge on any atom is -0.504 e. The van der Waals surface area contributed by atoms with Crippen molar-refractivity contribution in [2.24, 2.45) is 5.73 Å². The van der Waals surface area contributed by atoms with Crippen molar-refractivity contribution in [1.82, 2.24) is 0 Å². The molecule has 2 aromatic carbocycles. The summed E-state index contributed by atoms with van der Waals surface area (Å²) in [6.07, 6.45) is 5.36. The lowest BCUT2D eigenvalue weighted by Gasteiger charge is -2.05. The van der Waals surface area contributed by atoms with Crippen molar-refractivity contribution in [3.8, 4) is 23.0 Å². The maximum Gasteiger partial charge on any atom is 0.163 e. The first-order valence-corrected chi connectivity index (χ1v) is 8.37. The number of carbonyl (C=O) groups is 2. The molecule has 2 rings (SSSR count). The van der Waals surface area contributed by atoms with Gasteiger partial charge in [-0.05, 0) is 47.5 Å². The molecular weight excluding hydrogens is 362 g/mol. The third kappa shape index (κ3) is 6.00. The summed E-state index contributed by atoms with van der Waals surface area (Å²) in [6.45, 7) is -0.0899. The van der Waals surface area contributed by atoms with Crippen LogP contribution in [-0.2, 0) is 9.59 Å². The monoisotopic (exact) mass is 383 g/mol. The number of ketones is 2. The fraction of sp³-hybridized carbons (Fsp3) is 0.143. The lowest BCUT2D eigenvalue weighted by Crippen LogP contribution is -2.07. The zero-order valence-corrected chi connectivity index (χ0v) is 15.3. The number of allylic oxidation sites excluding steroid dienone is 2.